The van der Waals surface area contributed by atoms with Gasteiger partial charge in [-0.15, -0.1) is 0 Å². The Labute approximate surface area is 156 Å². The van der Waals surface area contributed by atoms with Crippen molar-refractivity contribution in [2.75, 3.05) is 59.1 Å². The van der Waals surface area contributed by atoms with Crippen molar-refractivity contribution in [3.63, 3.8) is 0 Å². The minimum atomic E-state index is -0.675. The molecule has 6 nitrogen and oxygen atoms in total. The third kappa shape index (κ3) is 7.23. The van der Waals surface area contributed by atoms with Gasteiger partial charge in [-0.1, -0.05) is 13.3 Å². The average Bonchev–Trinajstić information content (AvgIpc) is 2.84. The third-order valence-electron chi connectivity index (χ3n) is 5.38. The van der Waals surface area contributed by atoms with Crippen molar-refractivity contribution in [3.05, 3.63) is 0 Å². The predicted octanol–water partition coefficient (Wildman–Crippen LogP) is 0.869. The standard InChI is InChI=1S/C18H37N5OS/c1-4-25(24)17-8-5-7-16(15-17)21-18(19-2)20-9-12-23-11-6-10-22(3)13-14-23/h16-17H,4-15H2,1-3H3,(H2,19,20,21). The van der Waals surface area contributed by atoms with E-state index in [1.165, 1.54) is 19.5 Å². The highest BCUT2D eigenvalue weighted by Gasteiger charge is 2.26. The van der Waals surface area contributed by atoms with Gasteiger partial charge in [-0.05, 0) is 45.8 Å². The summed E-state index contributed by atoms with van der Waals surface area (Å²) in [5.74, 6) is 1.66. The summed E-state index contributed by atoms with van der Waals surface area (Å²) in [7, 11) is 3.36. The van der Waals surface area contributed by atoms with Gasteiger partial charge in [0.05, 0.1) is 0 Å². The van der Waals surface area contributed by atoms with Crippen LogP contribution in [0.3, 0.4) is 0 Å². The van der Waals surface area contributed by atoms with E-state index >= 15 is 0 Å². The number of rotatable bonds is 6. The van der Waals surface area contributed by atoms with Crippen molar-refractivity contribution < 1.29 is 4.21 Å². The second-order valence-corrected chi connectivity index (χ2v) is 9.30. The molecule has 0 aromatic carbocycles. The molecule has 1 saturated heterocycles. The van der Waals surface area contributed by atoms with E-state index in [1.54, 1.807) is 0 Å². The Hall–Kier alpha value is -0.660. The van der Waals surface area contributed by atoms with E-state index in [0.29, 0.717) is 11.3 Å². The molecule has 1 aliphatic heterocycles. The van der Waals surface area contributed by atoms with Crippen LogP contribution in [0.2, 0.25) is 0 Å². The van der Waals surface area contributed by atoms with Gasteiger partial charge in [-0.3, -0.25) is 9.20 Å². The maximum atomic E-state index is 12.1. The molecule has 7 heteroatoms. The highest BCUT2D eigenvalue weighted by molar-refractivity contribution is 7.85. The molecule has 2 fully saturated rings. The Morgan fingerprint density at radius 2 is 2.04 bits per heavy atom. The summed E-state index contributed by atoms with van der Waals surface area (Å²) in [5.41, 5.74) is 0. The zero-order valence-corrected chi connectivity index (χ0v) is 17.1. The monoisotopic (exact) mass is 371 g/mol. The van der Waals surface area contributed by atoms with Crippen molar-refractivity contribution in [1.29, 1.82) is 0 Å². The number of hydrogen-bond donors (Lipinski definition) is 2. The fraction of sp³-hybridized carbons (Fsp3) is 0.944. The minimum Gasteiger partial charge on any atom is -0.355 e. The smallest absolute Gasteiger partial charge is 0.191 e. The predicted molar refractivity (Wildman–Crippen MR) is 108 cm³/mol. The first-order valence-electron chi connectivity index (χ1n) is 9.87. The van der Waals surface area contributed by atoms with Gasteiger partial charge in [0.1, 0.15) is 0 Å². The Morgan fingerprint density at radius 3 is 2.80 bits per heavy atom. The second kappa shape index (κ2) is 11.1. The zero-order chi connectivity index (χ0) is 18.1. The van der Waals surface area contributed by atoms with Crippen LogP contribution in [0.15, 0.2) is 4.99 Å². The molecular formula is C18H37N5OS. The number of likely N-dealkylation sites (N-methyl/N-ethyl adjacent to an activating group) is 1. The van der Waals surface area contributed by atoms with E-state index in [4.69, 9.17) is 0 Å². The molecule has 25 heavy (non-hydrogen) atoms. The molecular weight excluding hydrogens is 334 g/mol. The van der Waals surface area contributed by atoms with Crippen molar-refractivity contribution in [3.8, 4) is 0 Å². The van der Waals surface area contributed by atoms with E-state index in [9.17, 15) is 4.21 Å². The first kappa shape index (κ1) is 20.6. The van der Waals surface area contributed by atoms with Crippen LogP contribution in [-0.4, -0.2) is 90.4 Å². The molecule has 3 atom stereocenters. The molecule has 0 aromatic heterocycles. The average molecular weight is 372 g/mol. The van der Waals surface area contributed by atoms with E-state index < -0.39 is 10.8 Å². The Bertz CT molecular complexity index is 445. The molecule has 3 unspecified atom stereocenters. The SMILES string of the molecule is CCS(=O)C1CCCC(NC(=NC)NCCN2CCCN(C)CC2)C1. The van der Waals surface area contributed by atoms with Crippen LogP contribution < -0.4 is 10.6 Å². The van der Waals surface area contributed by atoms with E-state index in [1.807, 2.05) is 14.0 Å². The Morgan fingerprint density at radius 1 is 1.20 bits per heavy atom. The lowest BCUT2D eigenvalue weighted by Crippen LogP contribution is -2.48. The second-order valence-electron chi connectivity index (χ2n) is 7.30. The quantitative estimate of drug-likeness (QED) is 0.536. The van der Waals surface area contributed by atoms with Crippen LogP contribution in [0.4, 0.5) is 0 Å². The van der Waals surface area contributed by atoms with Crippen LogP contribution in [0.25, 0.3) is 0 Å². The summed E-state index contributed by atoms with van der Waals surface area (Å²) in [5, 5.41) is 7.36. The summed E-state index contributed by atoms with van der Waals surface area (Å²) < 4.78 is 12.1. The molecule has 2 N–H and O–H groups in total. The maximum Gasteiger partial charge on any atom is 0.191 e. The van der Waals surface area contributed by atoms with Crippen molar-refractivity contribution >= 4 is 16.8 Å². The van der Waals surface area contributed by atoms with Gasteiger partial charge in [0, 0.05) is 61.1 Å². The van der Waals surface area contributed by atoms with E-state index in [0.717, 1.165) is 63.6 Å². The molecule has 2 rings (SSSR count). The van der Waals surface area contributed by atoms with Gasteiger partial charge >= 0.3 is 0 Å². The fourth-order valence-corrected chi connectivity index (χ4v) is 5.14. The van der Waals surface area contributed by atoms with Gasteiger partial charge in [-0.25, -0.2) is 0 Å². The highest BCUT2D eigenvalue weighted by atomic mass is 32.2. The fourth-order valence-electron chi connectivity index (χ4n) is 3.79. The third-order valence-corrected chi connectivity index (χ3v) is 7.12. The topological polar surface area (TPSA) is 60.0 Å². The van der Waals surface area contributed by atoms with Gasteiger partial charge < -0.3 is 20.4 Å². The zero-order valence-electron chi connectivity index (χ0n) is 16.3. The van der Waals surface area contributed by atoms with E-state index in [-0.39, 0.29) is 0 Å². The minimum absolute atomic E-state index is 0.350. The van der Waals surface area contributed by atoms with Crippen LogP contribution >= 0.6 is 0 Å². The summed E-state index contributed by atoms with van der Waals surface area (Å²) in [6.07, 6.45) is 5.66. The normalized spacial score (nSPS) is 28.4. The molecule has 0 amide bonds. The Balaban J connectivity index is 1.70. The molecule has 0 radical (unpaired) electrons. The largest absolute Gasteiger partial charge is 0.355 e. The molecule has 0 bridgehead atoms. The summed E-state index contributed by atoms with van der Waals surface area (Å²) in [6.45, 7) is 8.69. The molecule has 0 aromatic rings. The van der Waals surface area contributed by atoms with Crippen molar-refractivity contribution in [1.82, 2.24) is 20.4 Å². The molecule has 1 aliphatic carbocycles. The number of aliphatic imine (C=N–C) groups is 1. The lowest BCUT2D eigenvalue weighted by molar-refractivity contribution is 0.279. The van der Waals surface area contributed by atoms with Crippen LogP contribution in [-0.2, 0) is 10.8 Å². The number of hydrogen-bond acceptors (Lipinski definition) is 4. The van der Waals surface area contributed by atoms with E-state index in [2.05, 4.69) is 32.5 Å². The summed E-state index contributed by atoms with van der Waals surface area (Å²) >= 11 is 0. The van der Waals surface area contributed by atoms with Crippen LogP contribution in [0.5, 0.6) is 0 Å². The molecule has 1 saturated carbocycles. The lowest BCUT2D eigenvalue weighted by atomic mass is 9.95. The number of guanidine groups is 1. The van der Waals surface area contributed by atoms with Gasteiger partial charge in [0.2, 0.25) is 0 Å². The van der Waals surface area contributed by atoms with Gasteiger partial charge in [-0.2, -0.15) is 0 Å². The number of nitrogens with one attached hydrogen (secondary N) is 2. The Kier molecular flexibility index (Phi) is 9.20. The maximum absolute atomic E-state index is 12.1. The van der Waals surface area contributed by atoms with Crippen molar-refractivity contribution in [2.45, 2.75) is 50.3 Å². The first-order chi connectivity index (χ1) is 12.1. The summed E-state index contributed by atoms with van der Waals surface area (Å²) in [6, 6.07) is 0.396. The van der Waals surface area contributed by atoms with Crippen molar-refractivity contribution in [2.24, 2.45) is 4.99 Å². The van der Waals surface area contributed by atoms with Gasteiger partial charge in [0.15, 0.2) is 5.96 Å². The lowest BCUT2D eigenvalue weighted by Gasteiger charge is -2.30. The van der Waals surface area contributed by atoms with Crippen LogP contribution in [0, 0.1) is 0 Å². The highest BCUT2D eigenvalue weighted by Crippen LogP contribution is 2.22. The summed E-state index contributed by atoms with van der Waals surface area (Å²) in [4.78, 5) is 9.32. The molecule has 1 heterocycles. The van der Waals surface area contributed by atoms with Gasteiger partial charge in [0.25, 0.3) is 0 Å². The van der Waals surface area contributed by atoms with Crippen LogP contribution in [0.1, 0.15) is 39.0 Å². The molecule has 2 aliphatic rings. The first-order valence-corrected chi connectivity index (χ1v) is 11.3. The number of nitrogens with zero attached hydrogens (tertiary/aromatic N) is 3. The molecule has 0 spiro atoms. The molecule has 146 valence electrons.